The summed E-state index contributed by atoms with van der Waals surface area (Å²) < 4.78 is 0. The number of benzene rings is 2. The highest BCUT2D eigenvalue weighted by Gasteiger charge is 2.22. The number of hydrogen-bond acceptors (Lipinski definition) is 8. The van der Waals surface area contributed by atoms with Crippen LogP contribution in [0.15, 0.2) is 48.7 Å². The summed E-state index contributed by atoms with van der Waals surface area (Å²) in [4.78, 5) is 29.1. The van der Waals surface area contributed by atoms with Gasteiger partial charge < -0.3 is 20.7 Å². The highest BCUT2D eigenvalue weighted by molar-refractivity contribution is 6.36. The topological polar surface area (TPSA) is 136 Å². The van der Waals surface area contributed by atoms with E-state index in [0.717, 1.165) is 0 Å². The fraction of sp³-hybridized carbons (Fsp3) is 0.111. The van der Waals surface area contributed by atoms with Gasteiger partial charge in [0.05, 0.1) is 9.95 Å². The lowest BCUT2D eigenvalue weighted by Gasteiger charge is -2.09. The lowest BCUT2D eigenvalue weighted by Crippen LogP contribution is -2.15. The summed E-state index contributed by atoms with van der Waals surface area (Å²) in [5.74, 6) is -0.0964. The summed E-state index contributed by atoms with van der Waals surface area (Å²) in [5, 5.41) is 28.7. The van der Waals surface area contributed by atoms with E-state index in [4.69, 9.17) is 23.2 Å². The predicted molar refractivity (Wildman–Crippen MR) is 114 cm³/mol. The number of hydrogen-bond donors (Lipinski definition) is 2. The van der Waals surface area contributed by atoms with E-state index in [-0.39, 0.29) is 16.4 Å². The minimum atomic E-state index is -0.632. The van der Waals surface area contributed by atoms with E-state index in [0.29, 0.717) is 35.2 Å². The first kappa shape index (κ1) is 21.2. The molecule has 1 aromatic heterocycles. The van der Waals surface area contributed by atoms with Crippen LogP contribution in [-0.4, -0.2) is 32.9 Å². The fourth-order valence-electron chi connectivity index (χ4n) is 2.56. The lowest BCUT2D eigenvalue weighted by atomic mass is 10.1. The smallest absolute Gasteiger partial charge is 0.383 e. The molecule has 30 heavy (non-hydrogen) atoms. The first-order valence-electron chi connectivity index (χ1n) is 8.54. The second-order valence-corrected chi connectivity index (χ2v) is 6.81. The summed E-state index contributed by atoms with van der Waals surface area (Å²) in [7, 11) is 0. The minimum Gasteiger partial charge on any atom is -0.383 e. The van der Waals surface area contributed by atoms with Crippen molar-refractivity contribution in [1.29, 1.82) is 0 Å². The maximum Gasteiger partial charge on any atom is 0.390 e. The van der Waals surface area contributed by atoms with Crippen LogP contribution in [-0.2, 0) is 0 Å². The molecular weight excluding hydrogens is 435 g/mol. The molecule has 0 aliphatic rings. The zero-order valence-electron chi connectivity index (χ0n) is 15.2. The molecule has 0 aliphatic heterocycles. The summed E-state index contributed by atoms with van der Waals surface area (Å²) in [5.41, 5.74) is 1.09. The average Bonchev–Trinajstić information content (AvgIpc) is 2.71. The Kier molecular flexibility index (Phi) is 6.60. The van der Waals surface area contributed by atoms with E-state index < -0.39 is 15.7 Å². The second kappa shape index (κ2) is 9.33. The molecule has 2 N–H and O–H groups in total. The highest BCUT2D eigenvalue weighted by atomic mass is 35.5. The van der Waals surface area contributed by atoms with Crippen LogP contribution in [0.5, 0.6) is 0 Å². The van der Waals surface area contributed by atoms with Gasteiger partial charge in [-0.15, -0.1) is 0 Å². The molecule has 0 bridgehead atoms. The SMILES string of the molecule is O=[N+]([O-])c1ccc(NCCNc2cnc([N+](=O)[O-])c(-c3ccc(Cl)cc3Cl)n2)cc1. The highest BCUT2D eigenvalue weighted by Crippen LogP contribution is 2.34. The lowest BCUT2D eigenvalue weighted by molar-refractivity contribution is -0.389. The van der Waals surface area contributed by atoms with Crippen molar-refractivity contribution in [1.82, 2.24) is 9.97 Å². The van der Waals surface area contributed by atoms with E-state index >= 15 is 0 Å². The molecule has 0 amide bonds. The Morgan fingerprint density at radius 1 is 0.933 bits per heavy atom. The van der Waals surface area contributed by atoms with Crippen molar-refractivity contribution in [2.45, 2.75) is 0 Å². The number of rotatable bonds is 8. The van der Waals surface area contributed by atoms with Crippen LogP contribution >= 0.6 is 23.2 Å². The third-order valence-corrected chi connectivity index (χ3v) is 4.50. The number of nitrogens with one attached hydrogen (secondary N) is 2. The van der Waals surface area contributed by atoms with E-state index in [1.54, 1.807) is 24.3 Å². The van der Waals surface area contributed by atoms with Crippen molar-refractivity contribution >= 4 is 46.2 Å². The summed E-state index contributed by atoms with van der Waals surface area (Å²) in [6.07, 6.45) is 1.26. The Morgan fingerprint density at radius 2 is 1.63 bits per heavy atom. The molecule has 0 spiro atoms. The van der Waals surface area contributed by atoms with E-state index in [1.165, 1.54) is 24.4 Å². The Hall–Kier alpha value is -3.50. The molecule has 3 aromatic rings. The van der Waals surface area contributed by atoms with E-state index in [1.807, 2.05) is 0 Å². The van der Waals surface area contributed by atoms with Crippen LogP contribution in [0.4, 0.5) is 23.0 Å². The summed E-state index contributed by atoms with van der Waals surface area (Å²) in [6, 6.07) is 10.6. The van der Waals surface area contributed by atoms with Gasteiger partial charge in [-0.05, 0) is 40.2 Å². The van der Waals surface area contributed by atoms with Crippen molar-refractivity contribution in [3.8, 4) is 11.3 Å². The van der Waals surface area contributed by atoms with Crippen molar-refractivity contribution in [3.05, 3.63) is 78.9 Å². The summed E-state index contributed by atoms with van der Waals surface area (Å²) in [6.45, 7) is 0.880. The molecule has 154 valence electrons. The van der Waals surface area contributed by atoms with Crippen LogP contribution in [0.25, 0.3) is 11.3 Å². The van der Waals surface area contributed by atoms with Gasteiger partial charge in [-0.25, -0.2) is 4.98 Å². The second-order valence-electron chi connectivity index (χ2n) is 5.97. The van der Waals surface area contributed by atoms with Gasteiger partial charge in [-0.1, -0.05) is 23.2 Å². The molecular formula is C18H14Cl2N6O4. The summed E-state index contributed by atoms with van der Waals surface area (Å²) >= 11 is 12.1. The van der Waals surface area contributed by atoms with Gasteiger partial charge in [0.15, 0.2) is 17.7 Å². The molecule has 0 aliphatic carbocycles. The monoisotopic (exact) mass is 448 g/mol. The van der Waals surface area contributed by atoms with Gasteiger partial charge in [0.25, 0.3) is 5.69 Å². The Bertz CT molecular complexity index is 1090. The third-order valence-electron chi connectivity index (χ3n) is 3.95. The van der Waals surface area contributed by atoms with Crippen molar-refractivity contribution in [3.63, 3.8) is 0 Å². The van der Waals surface area contributed by atoms with Crippen LogP contribution in [0.2, 0.25) is 10.0 Å². The maximum absolute atomic E-state index is 11.3. The standard InChI is InChI=1S/C18H14Cl2N6O4/c19-11-1-6-14(15(20)9-11)17-18(26(29)30)23-10-16(24-17)22-8-7-21-12-2-4-13(5-3-12)25(27)28/h1-6,9-10,21H,7-8H2,(H,22,24). The van der Waals surface area contributed by atoms with Crippen LogP contribution < -0.4 is 10.6 Å². The van der Waals surface area contributed by atoms with Gasteiger partial charge in [-0.3, -0.25) is 10.1 Å². The zero-order chi connectivity index (χ0) is 21.7. The minimum absolute atomic E-state index is 0.00761. The first-order chi connectivity index (χ1) is 14.3. The molecule has 0 atom stereocenters. The molecule has 2 aromatic carbocycles. The Labute approximate surface area is 180 Å². The van der Waals surface area contributed by atoms with Gasteiger partial charge in [-0.2, -0.15) is 0 Å². The molecule has 3 rings (SSSR count). The first-order valence-corrected chi connectivity index (χ1v) is 9.30. The largest absolute Gasteiger partial charge is 0.390 e. The molecule has 0 fully saturated rings. The van der Waals surface area contributed by atoms with Gasteiger partial charge in [0, 0.05) is 41.5 Å². The van der Waals surface area contributed by atoms with Crippen LogP contribution in [0.3, 0.4) is 0 Å². The number of halogens is 2. The van der Waals surface area contributed by atoms with Crippen molar-refractivity contribution in [2.75, 3.05) is 23.7 Å². The normalized spacial score (nSPS) is 10.5. The third kappa shape index (κ3) is 5.10. The molecule has 0 radical (unpaired) electrons. The number of nitro benzene ring substituents is 1. The van der Waals surface area contributed by atoms with Crippen molar-refractivity contribution in [2.24, 2.45) is 0 Å². The Balaban J connectivity index is 1.69. The van der Waals surface area contributed by atoms with Crippen LogP contribution in [0.1, 0.15) is 0 Å². The number of non-ortho nitro benzene ring substituents is 1. The zero-order valence-corrected chi connectivity index (χ0v) is 16.7. The van der Waals surface area contributed by atoms with E-state index in [2.05, 4.69) is 20.6 Å². The molecule has 0 saturated carbocycles. The molecule has 0 unspecified atom stereocenters. The predicted octanol–water partition coefficient (Wildman–Crippen LogP) is 4.79. The number of nitrogens with zero attached hydrogens (tertiary/aromatic N) is 4. The number of anilines is 2. The maximum atomic E-state index is 11.3. The van der Waals surface area contributed by atoms with Gasteiger partial charge >= 0.3 is 5.82 Å². The number of nitro groups is 2. The van der Waals surface area contributed by atoms with E-state index in [9.17, 15) is 20.2 Å². The van der Waals surface area contributed by atoms with Gasteiger partial charge in [0.1, 0.15) is 0 Å². The van der Waals surface area contributed by atoms with Gasteiger partial charge in [0.2, 0.25) is 0 Å². The van der Waals surface area contributed by atoms with Crippen LogP contribution in [0, 0.1) is 20.2 Å². The molecule has 1 heterocycles. The molecule has 10 nitrogen and oxygen atoms in total. The average molecular weight is 449 g/mol. The Morgan fingerprint density at radius 3 is 2.27 bits per heavy atom. The number of aromatic nitrogens is 2. The fourth-order valence-corrected chi connectivity index (χ4v) is 3.06. The molecule has 0 saturated heterocycles. The quantitative estimate of drug-likeness (QED) is 0.285. The van der Waals surface area contributed by atoms with Crippen molar-refractivity contribution < 1.29 is 9.85 Å². The molecule has 12 heteroatoms.